The zero-order chi connectivity index (χ0) is 22.1. The second kappa shape index (κ2) is 11.2. The molecule has 0 aromatic heterocycles. The third kappa shape index (κ3) is 7.06. The standard InChI is InChI=1S/C21H30N4O5/c1-4-18(26)24-16-7-5-15(6-8-16)23-12-19(27)25-10-9-22-21(29)17(25)11-20(28)30-13-14(2)3/h5-8,14,17,23H,4,9-13H2,1-3H3,(H,22,29)(H,24,26). The Hall–Kier alpha value is -3.10. The first-order valence-electron chi connectivity index (χ1n) is 10.2. The molecule has 0 radical (unpaired) electrons. The lowest BCUT2D eigenvalue weighted by atomic mass is 10.1. The molecule has 1 aliphatic rings. The van der Waals surface area contributed by atoms with Gasteiger partial charge in [0.25, 0.3) is 0 Å². The summed E-state index contributed by atoms with van der Waals surface area (Å²) in [5, 5.41) is 8.46. The molecule has 0 spiro atoms. The van der Waals surface area contributed by atoms with Crippen LogP contribution in [0.25, 0.3) is 0 Å². The van der Waals surface area contributed by atoms with Crippen LogP contribution in [0.15, 0.2) is 24.3 Å². The summed E-state index contributed by atoms with van der Waals surface area (Å²) in [4.78, 5) is 49.8. The van der Waals surface area contributed by atoms with Gasteiger partial charge in [-0.25, -0.2) is 0 Å². The first-order chi connectivity index (χ1) is 14.3. The maximum atomic E-state index is 12.7. The number of nitrogens with one attached hydrogen (secondary N) is 3. The number of carbonyl (C=O) groups excluding carboxylic acids is 4. The van der Waals surface area contributed by atoms with E-state index in [2.05, 4.69) is 16.0 Å². The van der Waals surface area contributed by atoms with Crippen molar-refractivity contribution < 1.29 is 23.9 Å². The van der Waals surface area contributed by atoms with E-state index in [4.69, 9.17) is 4.74 Å². The molecular formula is C21H30N4O5. The number of piperazine rings is 1. The number of carbonyl (C=O) groups is 4. The van der Waals surface area contributed by atoms with Crippen molar-refractivity contribution in [3.05, 3.63) is 24.3 Å². The highest BCUT2D eigenvalue weighted by atomic mass is 16.5. The van der Waals surface area contributed by atoms with E-state index in [1.807, 2.05) is 13.8 Å². The van der Waals surface area contributed by atoms with Gasteiger partial charge in [-0.05, 0) is 30.2 Å². The zero-order valence-electron chi connectivity index (χ0n) is 17.7. The number of nitrogens with zero attached hydrogens (tertiary/aromatic N) is 1. The van der Waals surface area contributed by atoms with Gasteiger partial charge in [-0.15, -0.1) is 0 Å². The van der Waals surface area contributed by atoms with Crippen LogP contribution < -0.4 is 16.0 Å². The highest BCUT2D eigenvalue weighted by molar-refractivity contribution is 5.93. The van der Waals surface area contributed by atoms with E-state index in [0.717, 1.165) is 0 Å². The minimum Gasteiger partial charge on any atom is -0.465 e. The molecule has 0 bridgehead atoms. The molecule has 0 aliphatic carbocycles. The Morgan fingerprint density at radius 1 is 1.20 bits per heavy atom. The van der Waals surface area contributed by atoms with E-state index in [1.165, 1.54) is 4.90 Å². The summed E-state index contributed by atoms with van der Waals surface area (Å²) in [7, 11) is 0. The van der Waals surface area contributed by atoms with Crippen molar-refractivity contribution in [2.24, 2.45) is 5.92 Å². The summed E-state index contributed by atoms with van der Waals surface area (Å²) >= 11 is 0. The topological polar surface area (TPSA) is 117 Å². The second-order valence-corrected chi connectivity index (χ2v) is 7.51. The van der Waals surface area contributed by atoms with Gasteiger partial charge < -0.3 is 25.6 Å². The third-order valence-electron chi connectivity index (χ3n) is 4.52. The number of amides is 3. The van der Waals surface area contributed by atoms with Crippen LogP contribution in [0.5, 0.6) is 0 Å². The molecule has 1 aromatic carbocycles. The van der Waals surface area contributed by atoms with E-state index in [-0.39, 0.29) is 43.2 Å². The maximum absolute atomic E-state index is 12.7. The molecule has 1 saturated heterocycles. The smallest absolute Gasteiger partial charge is 0.308 e. The van der Waals surface area contributed by atoms with Crippen molar-refractivity contribution in [2.75, 3.05) is 36.9 Å². The van der Waals surface area contributed by atoms with Gasteiger partial charge in [-0.1, -0.05) is 20.8 Å². The molecule has 164 valence electrons. The molecule has 3 N–H and O–H groups in total. The van der Waals surface area contributed by atoms with Gasteiger partial charge in [-0.3, -0.25) is 19.2 Å². The van der Waals surface area contributed by atoms with Gasteiger partial charge in [0.1, 0.15) is 6.04 Å². The fourth-order valence-corrected chi connectivity index (χ4v) is 2.89. The van der Waals surface area contributed by atoms with Crippen molar-refractivity contribution in [1.82, 2.24) is 10.2 Å². The summed E-state index contributed by atoms with van der Waals surface area (Å²) in [6.07, 6.45) is 0.222. The van der Waals surface area contributed by atoms with E-state index in [0.29, 0.717) is 30.9 Å². The van der Waals surface area contributed by atoms with Gasteiger partial charge in [0, 0.05) is 30.9 Å². The van der Waals surface area contributed by atoms with Crippen LogP contribution in [0, 0.1) is 5.92 Å². The van der Waals surface area contributed by atoms with E-state index < -0.39 is 12.0 Å². The van der Waals surface area contributed by atoms with Crippen LogP contribution in [0.4, 0.5) is 11.4 Å². The number of hydrogen-bond donors (Lipinski definition) is 3. The van der Waals surface area contributed by atoms with Crippen LogP contribution in [0.3, 0.4) is 0 Å². The average Bonchev–Trinajstić information content (AvgIpc) is 2.72. The molecular weight excluding hydrogens is 388 g/mol. The van der Waals surface area contributed by atoms with Crippen molar-refractivity contribution in [3.63, 3.8) is 0 Å². The van der Waals surface area contributed by atoms with E-state index in [9.17, 15) is 19.2 Å². The van der Waals surface area contributed by atoms with Crippen LogP contribution >= 0.6 is 0 Å². The minimum atomic E-state index is -0.876. The molecule has 30 heavy (non-hydrogen) atoms. The molecule has 9 nitrogen and oxygen atoms in total. The lowest BCUT2D eigenvalue weighted by Gasteiger charge is -2.34. The normalized spacial score (nSPS) is 16.1. The maximum Gasteiger partial charge on any atom is 0.308 e. The van der Waals surface area contributed by atoms with Crippen molar-refractivity contribution in [3.8, 4) is 0 Å². The molecule has 1 atom stereocenters. The number of rotatable bonds is 9. The van der Waals surface area contributed by atoms with Crippen LogP contribution in [-0.4, -0.2) is 60.9 Å². The molecule has 9 heteroatoms. The van der Waals surface area contributed by atoms with Gasteiger partial charge in [-0.2, -0.15) is 0 Å². The summed E-state index contributed by atoms with van der Waals surface area (Å²) in [5.41, 5.74) is 1.37. The van der Waals surface area contributed by atoms with Crippen LogP contribution in [-0.2, 0) is 23.9 Å². The van der Waals surface area contributed by atoms with Crippen LogP contribution in [0.2, 0.25) is 0 Å². The first kappa shape index (κ1) is 23.2. The van der Waals surface area contributed by atoms with Gasteiger partial charge in [0.05, 0.1) is 19.6 Å². The predicted molar refractivity (Wildman–Crippen MR) is 113 cm³/mol. The van der Waals surface area contributed by atoms with E-state index in [1.54, 1.807) is 31.2 Å². The summed E-state index contributed by atoms with van der Waals surface area (Å²) in [6, 6.07) is 6.11. The minimum absolute atomic E-state index is 0.0223. The fourth-order valence-electron chi connectivity index (χ4n) is 2.89. The summed E-state index contributed by atoms with van der Waals surface area (Å²) < 4.78 is 5.16. The Morgan fingerprint density at radius 3 is 2.50 bits per heavy atom. The molecule has 1 aliphatic heterocycles. The third-order valence-corrected chi connectivity index (χ3v) is 4.52. The molecule has 3 amide bonds. The lowest BCUT2D eigenvalue weighted by Crippen LogP contribution is -2.58. The first-order valence-corrected chi connectivity index (χ1v) is 10.2. The highest BCUT2D eigenvalue weighted by Crippen LogP contribution is 2.15. The van der Waals surface area contributed by atoms with Gasteiger partial charge in [0.15, 0.2) is 0 Å². The predicted octanol–water partition coefficient (Wildman–Crippen LogP) is 1.36. The second-order valence-electron chi connectivity index (χ2n) is 7.51. The highest BCUT2D eigenvalue weighted by Gasteiger charge is 2.35. The van der Waals surface area contributed by atoms with Crippen molar-refractivity contribution >= 4 is 35.1 Å². The van der Waals surface area contributed by atoms with Crippen molar-refractivity contribution in [1.29, 1.82) is 0 Å². The fraction of sp³-hybridized carbons (Fsp3) is 0.524. The zero-order valence-corrected chi connectivity index (χ0v) is 17.7. The van der Waals surface area contributed by atoms with E-state index >= 15 is 0 Å². The molecule has 2 rings (SSSR count). The number of ether oxygens (including phenoxy) is 1. The number of anilines is 2. The Kier molecular flexibility index (Phi) is 8.64. The SMILES string of the molecule is CCC(=O)Nc1ccc(NCC(=O)N2CCNC(=O)C2CC(=O)OCC(C)C)cc1. The average molecular weight is 418 g/mol. The Labute approximate surface area is 176 Å². The Balaban J connectivity index is 1.92. The summed E-state index contributed by atoms with van der Waals surface area (Å²) in [6.45, 7) is 6.54. The largest absolute Gasteiger partial charge is 0.465 e. The molecule has 1 fully saturated rings. The van der Waals surface area contributed by atoms with Crippen molar-refractivity contribution in [2.45, 2.75) is 39.7 Å². The number of hydrogen-bond acceptors (Lipinski definition) is 6. The molecule has 0 saturated carbocycles. The monoisotopic (exact) mass is 418 g/mol. The number of benzene rings is 1. The van der Waals surface area contributed by atoms with Gasteiger partial charge >= 0.3 is 5.97 Å². The summed E-state index contributed by atoms with van der Waals surface area (Å²) in [5.74, 6) is -1.02. The molecule has 1 aromatic rings. The lowest BCUT2D eigenvalue weighted by molar-refractivity contribution is -0.152. The number of esters is 1. The Bertz CT molecular complexity index is 763. The quantitative estimate of drug-likeness (QED) is 0.522. The van der Waals surface area contributed by atoms with Gasteiger partial charge in [0.2, 0.25) is 17.7 Å². The molecule has 1 heterocycles. The Morgan fingerprint density at radius 2 is 1.87 bits per heavy atom. The molecule has 1 unspecified atom stereocenters. The van der Waals surface area contributed by atoms with Crippen LogP contribution in [0.1, 0.15) is 33.6 Å².